The van der Waals surface area contributed by atoms with Gasteiger partial charge in [0.15, 0.2) is 0 Å². The Labute approximate surface area is 80.5 Å². The molecule has 1 rings (SSSR count). The molecule has 0 aromatic heterocycles. The van der Waals surface area contributed by atoms with E-state index in [2.05, 4.69) is 0 Å². The van der Waals surface area contributed by atoms with Crippen molar-refractivity contribution in [3.05, 3.63) is 24.3 Å². The quantitative estimate of drug-likeness (QED) is 0.274. The van der Waals surface area contributed by atoms with Crippen molar-refractivity contribution in [2.24, 2.45) is 0 Å². The molecule has 0 amide bonds. The molecule has 0 heterocycles. The maximum Gasteiger partial charge on any atom is 0.231 e. The Morgan fingerprint density at radius 3 is 1.14 bits per heavy atom. The third-order valence-electron chi connectivity index (χ3n) is 0.936. The van der Waals surface area contributed by atoms with E-state index in [0.717, 1.165) is 23.5 Å². The van der Waals surface area contributed by atoms with E-state index in [0.29, 0.717) is 0 Å². The van der Waals surface area contributed by atoms with Gasteiger partial charge in [-0.25, -0.2) is 20.4 Å². The van der Waals surface area contributed by atoms with Gasteiger partial charge < -0.3 is 11.5 Å². The molecule has 0 spiro atoms. The summed E-state index contributed by atoms with van der Waals surface area (Å²) in [5.74, 6) is 0. The largest absolute Gasteiger partial charge is 0.399 e. The maximum atomic E-state index is 8.35. The highest BCUT2D eigenvalue weighted by atomic mass is 16.1. The van der Waals surface area contributed by atoms with Crippen molar-refractivity contribution in [3.63, 3.8) is 0 Å². The number of nitrogen functional groups attached to an aromatic ring is 2. The highest BCUT2D eigenvalue weighted by molar-refractivity contribution is 5.47. The lowest BCUT2D eigenvalue weighted by molar-refractivity contribution is 0.562. The predicted octanol–water partition coefficient (Wildman–Crippen LogP) is 0.653. The van der Waals surface area contributed by atoms with Gasteiger partial charge >= 0.3 is 0 Å². The number of hydrogen-bond acceptors (Lipinski definition) is 6. The van der Waals surface area contributed by atoms with Gasteiger partial charge in [0, 0.05) is 11.4 Å². The lowest BCUT2D eigenvalue weighted by Gasteiger charge is -1.90. The lowest BCUT2D eigenvalue weighted by atomic mass is 10.3. The van der Waals surface area contributed by atoms with E-state index in [1.807, 2.05) is 0 Å². The van der Waals surface area contributed by atoms with Gasteiger partial charge in [0.05, 0.1) is 0 Å². The number of benzene rings is 1. The summed E-state index contributed by atoms with van der Waals surface area (Å²) in [5.41, 5.74) is 12.2. The monoisotopic (exact) mass is 194 g/mol. The Bertz CT molecular complexity index is 276. The van der Waals surface area contributed by atoms with Crippen LogP contribution in [0.15, 0.2) is 24.3 Å². The van der Waals surface area contributed by atoms with E-state index < -0.39 is 0 Å². The third-order valence-corrected chi connectivity index (χ3v) is 0.936. The van der Waals surface area contributed by atoms with Crippen LogP contribution in [0, 0.1) is 10.8 Å². The zero-order valence-corrected chi connectivity index (χ0v) is 7.28. The first kappa shape index (κ1) is 14.1. The SMILES string of the molecule is N=C=O.N=C=O.Nc1ccc(N)cc1. The number of carbonyl (C=O) groups excluding carboxylic acids is 2. The first-order valence-corrected chi connectivity index (χ1v) is 3.31. The van der Waals surface area contributed by atoms with E-state index in [1.165, 1.54) is 0 Å². The van der Waals surface area contributed by atoms with Gasteiger partial charge in [0.2, 0.25) is 12.2 Å². The van der Waals surface area contributed by atoms with Crippen LogP contribution in [-0.4, -0.2) is 12.2 Å². The Balaban J connectivity index is 0. The van der Waals surface area contributed by atoms with Crippen molar-refractivity contribution < 1.29 is 9.59 Å². The summed E-state index contributed by atoms with van der Waals surface area (Å²) < 4.78 is 0. The number of rotatable bonds is 0. The molecule has 0 bridgehead atoms. The number of isocyanates is 2. The van der Waals surface area contributed by atoms with Crippen LogP contribution >= 0.6 is 0 Å². The zero-order chi connectivity index (χ0) is 11.4. The van der Waals surface area contributed by atoms with Gasteiger partial charge in [0.1, 0.15) is 0 Å². The van der Waals surface area contributed by atoms with Crippen molar-refractivity contribution in [1.29, 1.82) is 10.8 Å². The summed E-state index contributed by atoms with van der Waals surface area (Å²) in [4.78, 5) is 16.7. The molecule has 0 unspecified atom stereocenters. The van der Waals surface area contributed by atoms with E-state index >= 15 is 0 Å². The first-order chi connectivity index (χ1) is 6.62. The summed E-state index contributed by atoms with van der Waals surface area (Å²) in [6.45, 7) is 0. The van der Waals surface area contributed by atoms with Crippen LogP contribution in [0.3, 0.4) is 0 Å². The van der Waals surface area contributed by atoms with Gasteiger partial charge in [-0.15, -0.1) is 0 Å². The fourth-order valence-corrected chi connectivity index (χ4v) is 0.496. The van der Waals surface area contributed by atoms with Gasteiger partial charge in [-0.2, -0.15) is 0 Å². The maximum absolute atomic E-state index is 8.35. The average molecular weight is 194 g/mol. The molecule has 6 heteroatoms. The normalized spacial score (nSPS) is 6.29. The molecular formula is C8H10N4O2. The first-order valence-electron chi connectivity index (χ1n) is 3.31. The molecule has 1 aromatic rings. The molecular weight excluding hydrogens is 184 g/mol. The minimum Gasteiger partial charge on any atom is -0.399 e. The van der Waals surface area contributed by atoms with E-state index in [9.17, 15) is 0 Å². The van der Waals surface area contributed by atoms with Crippen LogP contribution in [0.25, 0.3) is 0 Å². The highest BCUT2D eigenvalue weighted by Crippen LogP contribution is 2.04. The fourth-order valence-electron chi connectivity index (χ4n) is 0.496. The zero-order valence-electron chi connectivity index (χ0n) is 7.28. The summed E-state index contributed by atoms with van der Waals surface area (Å²) in [7, 11) is 0. The molecule has 0 saturated heterocycles. The number of nitrogens with two attached hydrogens (primary N) is 2. The Morgan fingerprint density at radius 2 is 1.00 bits per heavy atom. The second kappa shape index (κ2) is 10.6. The summed E-state index contributed by atoms with van der Waals surface area (Å²) in [6, 6.07) is 7.09. The van der Waals surface area contributed by atoms with Crippen molar-refractivity contribution in [2.45, 2.75) is 0 Å². The fraction of sp³-hybridized carbons (Fsp3) is 0. The molecule has 0 aliphatic rings. The Hall–Kier alpha value is -2.42. The summed E-state index contributed by atoms with van der Waals surface area (Å²) in [6.07, 6.45) is 1.50. The van der Waals surface area contributed by atoms with Crippen LogP contribution in [0.2, 0.25) is 0 Å². The second-order valence-electron chi connectivity index (χ2n) is 1.87. The molecule has 6 N–H and O–H groups in total. The molecule has 74 valence electrons. The standard InChI is InChI=1S/C6H8N2.2CHNO/c7-5-1-2-6(8)4-3-5;2*2-1-3/h1-4H,7-8H2;2*2H. The van der Waals surface area contributed by atoms with Crippen LogP contribution in [-0.2, 0) is 9.59 Å². The second-order valence-corrected chi connectivity index (χ2v) is 1.87. The number of anilines is 2. The van der Waals surface area contributed by atoms with E-state index in [4.69, 9.17) is 31.9 Å². The van der Waals surface area contributed by atoms with Crippen molar-refractivity contribution in [3.8, 4) is 0 Å². The van der Waals surface area contributed by atoms with Gasteiger partial charge in [-0.1, -0.05) is 0 Å². The van der Waals surface area contributed by atoms with Crippen molar-refractivity contribution >= 4 is 23.5 Å². The highest BCUT2D eigenvalue weighted by Gasteiger charge is 1.80. The van der Waals surface area contributed by atoms with Crippen molar-refractivity contribution in [2.75, 3.05) is 11.5 Å². The molecule has 6 nitrogen and oxygen atoms in total. The third kappa shape index (κ3) is 12.3. The number of nitrogens with one attached hydrogen (secondary N) is 2. The molecule has 1 aromatic carbocycles. The number of hydrogen-bond donors (Lipinski definition) is 4. The Morgan fingerprint density at radius 1 is 0.857 bits per heavy atom. The van der Waals surface area contributed by atoms with Gasteiger partial charge in [0.25, 0.3) is 0 Å². The lowest BCUT2D eigenvalue weighted by Crippen LogP contribution is -1.86. The van der Waals surface area contributed by atoms with Gasteiger partial charge in [-0.3, -0.25) is 0 Å². The average Bonchev–Trinajstić information content (AvgIpc) is 2.13. The van der Waals surface area contributed by atoms with Crippen LogP contribution < -0.4 is 11.5 Å². The Kier molecular flexibility index (Phi) is 10.7. The van der Waals surface area contributed by atoms with E-state index in [-0.39, 0.29) is 0 Å². The van der Waals surface area contributed by atoms with Crippen LogP contribution in [0.4, 0.5) is 11.4 Å². The summed E-state index contributed by atoms with van der Waals surface area (Å²) >= 11 is 0. The summed E-state index contributed by atoms with van der Waals surface area (Å²) in [5, 5.41) is 10.8. The molecule has 0 saturated carbocycles. The minimum absolute atomic E-state index is 0.749. The van der Waals surface area contributed by atoms with E-state index in [1.54, 1.807) is 24.3 Å². The molecule has 14 heavy (non-hydrogen) atoms. The van der Waals surface area contributed by atoms with Crippen LogP contribution in [0.5, 0.6) is 0 Å². The molecule has 0 radical (unpaired) electrons. The van der Waals surface area contributed by atoms with Crippen LogP contribution in [0.1, 0.15) is 0 Å². The van der Waals surface area contributed by atoms with Crippen molar-refractivity contribution in [1.82, 2.24) is 0 Å². The predicted molar refractivity (Wildman–Crippen MR) is 52.1 cm³/mol. The molecule has 0 aliphatic heterocycles. The smallest absolute Gasteiger partial charge is 0.231 e. The molecule has 0 aliphatic carbocycles. The molecule has 0 atom stereocenters. The topological polar surface area (TPSA) is 134 Å². The minimum atomic E-state index is 0.749. The molecule has 0 fully saturated rings. The van der Waals surface area contributed by atoms with Gasteiger partial charge in [-0.05, 0) is 24.3 Å².